The van der Waals surface area contributed by atoms with Crippen LogP contribution < -0.4 is 15.4 Å². The van der Waals surface area contributed by atoms with Crippen molar-refractivity contribution < 1.29 is 27.5 Å². The fourth-order valence-electron chi connectivity index (χ4n) is 5.13. The van der Waals surface area contributed by atoms with E-state index in [2.05, 4.69) is 25.5 Å². The first-order valence-corrected chi connectivity index (χ1v) is 14.5. The average molecular weight is 651 g/mol. The molecule has 2 N–H and O–H groups in total. The molecule has 0 unspecified atom stereocenters. The Morgan fingerprint density at radius 1 is 0.826 bits per heavy atom. The molecule has 1 saturated heterocycles. The van der Waals surface area contributed by atoms with Crippen LogP contribution in [0.2, 0.25) is 0 Å². The molecule has 1 aliphatic heterocycles. The van der Waals surface area contributed by atoms with Crippen LogP contribution in [-0.2, 0) is 6.54 Å². The van der Waals surface area contributed by atoms with Gasteiger partial charge in [0.25, 0.3) is 11.8 Å². The molecule has 4 heterocycles. The molecule has 0 saturated carbocycles. The summed E-state index contributed by atoms with van der Waals surface area (Å²) in [4.78, 5) is 36.9. The standard InChI is InChI=1S/C33H29F3N6O3.ClH/c34-25-6-3-21(15-27(25)36)18-39-32(43)23-4-7-26(35)28(16-23)40-33(44)29-20-37-30-17-22(9-12-42(29)30)24-5-8-31(38-19-24)45-14-13-41-10-1-2-11-41;/h3-9,12,15-17,19-20H,1-2,10-11,13-14,18H2,(H,39,43)(H,40,44);1H. The molecular weight excluding hydrogens is 621 g/mol. The van der Waals surface area contributed by atoms with Gasteiger partial charge in [0.1, 0.15) is 23.8 Å². The third kappa shape index (κ3) is 7.47. The average Bonchev–Trinajstić information content (AvgIpc) is 3.73. The highest BCUT2D eigenvalue weighted by Gasteiger charge is 2.17. The summed E-state index contributed by atoms with van der Waals surface area (Å²) in [7, 11) is 0. The number of likely N-dealkylation sites (tertiary alicyclic amines) is 1. The Labute approximate surface area is 268 Å². The molecule has 6 rings (SSSR count). The normalized spacial score (nSPS) is 12.9. The Balaban J connectivity index is 0.00000417. The van der Waals surface area contributed by atoms with Crippen molar-refractivity contribution in [3.63, 3.8) is 0 Å². The molecule has 238 valence electrons. The van der Waals surface area contributed by atoms with Crippen LogP contribution in [0.5, 0.6) is 5.88 Å². The predicted octanol–water partition coefficient (Wildman–Crippen LogP) is 5.89. The minimum Gasteiger partial charge on any atom is -0.476 e. The van der Waals surface area contributed by atoms with E-state index in [1.54, 1.807) is 22.9 Å². The smallest absolute Gasteiger partial charge is 0.274 e. The zero-order chi connectivity index (χ0) is 31.3. The van der Waals surface area contributed by atoms with Gasteiger partial charge in [-0.3, -0.25) is 18.9 Å². The minimum atomic E-state index is -1.03. The zero-order valence-electron chi connectivity index (χ0n) is 24.5. The summed E-state index contributed by atoms with van der Waals surface area (Å²) in [5, 5.41) is 5.07. The number of aromatic nitrogens is 3. The second-order valence-electron chi connectivity index (χ2n) is 10.6. The summed E-state index contributed by atoms with van der Waals surface area (Å²) in [6, 6.07) is 14.1. The Kier molecular flexibility index (Phi) is 10.2. The summed E-state index contributed by atoms with van der Waals surface area (Å²) >= 11 is 0. The van der Waals surface area contributed by atoms with Gasteiger partial charge in [0.15, 0.2) is 11.6 Å². The molecule has 3 aromatic heterocycles. The highest BCUT2D eigenvalue weighted by atomic mass is 35.5. The third-order valence-corrected chi connectivity index (χ3v) is 7.59. The van der Waals surface area contributed by atoms with E-state index in [1.165, 1.54) is 37.2 Å². The first-order valence-electron chi connectivity index (χ1n) is 14.5. The van der Waals surface area contributed by atoms with Crippen molar-refractivity contribution in [3.8, 4) is 17.0 Å². The molecule has 2 amide bonds. The van der Waals surface area contributed by atoms with Gasteiger partial charge in [-0.1, -0.05) is 6.07 Å². The fourth-order valence-corrected chi connectivity index (χ4v) is 5.13. The first-order chi connectivity index (χ1) is 21.8. The van der Waals surface area contributed by atoms with Crippen molar-refractivity contribution in [1.82, 2.24) is 24.6 Å². The maximum atomic E-state index is 14.6. The summed E-state index contributed by atoms with van der Waals surface area (Å²) in [5.74, 6) is -3.44. The summed E-state index contributed by atoms with van der Waals surface area (Å²) in [6.45, 7) is 3.61. The molecule has 13 heteroatoms. The largest absolute Gasteiger partial charge is 0.476 e. The van der Waals surface area contributed by atoms with Gasteiger partial charge < -0.3 is 15.4 Å². The quantitative estimate of drug-likeness (QED) is 0.196. The number of benzene rings is 2. The van der Waals surface area contributed by atoms with E-state index in [9.17, 15) is 22.8 Å². The number of fused-ring (bicyclic) bond motifs is 1. The molecule has 1 aliphatic rings. The van der Waals surface area contributed by atoms with E-state index in [4.69, 9.17) is 4.74 Å². The van der Waals surface area contributed by atoms with E-state index in [0.29, 0.717) is 23.7 Å². The Morgan fingerprint density at radius 3 is 2.39 bits per heavy atom. The van der Waals surface area contributed by atoms with Gasteiger partial charge in [0, 0.05) is 42.7 Å². The van der Waals surface area contributed by atoms with Gasteiger partial charge in [-0.2, -0.15) is 0 Å². The molecule has 9 nitrogen and oxygen atoms in total. The molecule has 0 bridgehead atoms. The Bertz CT molecular complexity index is 1860. The maximum Gasteiger partial charge on any atom is 0.274 e. The highest BCUT2D eigenvalue weighted by molar-refractivity contribution is 6.04. The van der Waals surface area contributed by atoms with Crippen LogP contribution >= 0.6 is 12.4 Å². The number of nitrogens with zero attached hydrogens (tertiary/aromatic N) is 4. The van der Waals surface area contributed by atoms with Crippen molar-refractivity contribution in [2.75, 3.05) is 31.6 Å². The van der Waals surface area contributed by atoms with Crippen LogP contribution in [0.25, 0.3) is 16.8 Å². The third-order valence-electron chi connectivity index (χ3n) is 7.59. The molecule has 5 aromatic rings. The number of anilines is 1. The fraction of sp³-hybridized carbons (Fsp3) is 0.212. The van der Waals surface area contributed by atoms with Gasteiger partial charge in [0.05, 0.1) is 11.9 Å². The number of hydrogen-bond donors (Lipinski definition) is 2. The number of imidazole rings is 1. The van der Waals surface area contributed by atoms with E-state index < -0.39 is 29.3 Å². The van der Waals surface area contributed by atoms with Crippen molar-refractivity contribution in [2.24, 2.45) is 0 Å². The van der Waals surface area contributed by atoms with Crippen molar-refractivity contribution in [2.45, 2.75) is 19.4 Å². The number of amides is 2. The van der Waals surface area contributed by atoms with Gasteiger partial charge in [-0.25, -0.2) is 23.1 Å². The van der Waals surface area contributed by atoms with Gasteiger partial charge in [-0.05, 0) is 85.6 Å². The van der Waals surface area contributed by atoms with Gasteiger partial charge in [0.2, 0.25) is 5.88 Å². The van der Waals surface area contributed by atoms with E-state index in [1.807, 2.05) is 18.2 Å². The molecule has 0 aliphatic carbocycles. The van der Waals surface area contributed by atoms with E-state index in [-0.39, 0.29) is 35.9 Å². The SMILES string of the molecule is Cl.O=C(NCc1ccc(F)c(F)c1)c1ccc(F)c(NC(=O)c2cnc3cc(-c4ccc(OCCN5CCCC5)nc4)ccn23)c1. The lowest BCUT2D eigenvalue weighted by Gasteiger charge is -2.14. The Morgan fingerprint density at radius 2 is 1.63 bits per heavy atom. The second kappa shape index (κ2) is 14.4. The summed E-state index contributed by atoms with van der Waals surface area (Å²) in [5.41, 5.74) is 2.54. The summed E-state index contributed by atoms with van der Waals surface area (Å²) in [6.07, 6.45) is 7.25. The molecule has 0 spiro atoms. The lowest BCUT2D eigenvalue weighted by atomic mass is 10.1. The van der Waals surface area contributed by atoms with Gasteiger partial charge in [-0.15, -0.1) is 12.4 Å². The van der Waals surface area contributed by atoms with Crippen LogP contribution in [0, 0.1) is 17.5 Å². The molecule has 46 heavy (non-hydrogen) atoms. The van der Waals surface area contributed by atoms with Crippen molar-refractivity contribution in [1.29, 1.82) is 0 Å². The molecule has 0 radical (unpaired) electrons. The monoisotopic (exact) mass is 650 g/mol. The van der Waals surface area contributed by atoms with Crippen LogP contribution in [0.1, 0.15) is 39.3 Å². The molecule has 2 aromatic carbocycles. The number of carbonyl (C=O) groups is 2. The first kappa shape index (κ1) is 32.5. The van der Waals surface area contributed by atoms with Crippen LogP contribution in [0.4, 0.5) is 18.9 Å². The van der Waals surface area contributed by atoms with Crippen molar-refractivity contribution in [3.05, 3.63) is 114 Å². The van der Waals surface area contributed by atoms with Gasteiger partial charge >= 0.3 is 0 Å². The van der Waals surface area contributed by atoms with E-state index in [0.717, 1.165) is 49.0 Å². The predicted molar refractivity (Wildman–Crippen MR) is 169 cm³/mol. The topological polar surface area (TPSA) is 101 Å². The van der Waals surface area contributed by atoms with Crippen LogP contribution in [-0.4, -0.2) is 57.3 Å². The minimum absolute atomic E-state index is 0. The number of nitrogens with one attached hydrogen (secondary N) is 2. The lowest BCUT2D eigenvalue weighted by Crippen LogP contribution is -2.25. The zero-order valence-corrected chi connectivity index (χ0v) is 25.3. The Hall–Kier alpha value is -4.94. The lowest BCUT2D eigenvalue weighted by molar-refractivity contribution is 0.0949. The van der Waals surface area contributed by atoms with Crippen LogP contribution in [0.15, 0.2) is 79.3 Å². The second-order valence-corrected chi connectivity index (χ2v) is 10.6. The highest BCUT2D eigenvalue weighted by Crippen LogP contribution is 2.23. The number of ether oxygens (including phenoxy) is 1. The number of halogens is 4. The number of rotatable bonds is 10. The number of pyridine rings is 2. The molecular formula is C33H30ClF3N6O3. The molecule has 1 fully saturated rings. The summed E-state index contributed by atoms with van der Waals surface area (Å²) < 4.78 is 48.6. The maximum absolute atomic E-state index is 14.6. The number of carbonyl (C=O) groups excluding carboxylic acids is 2. The molecule has 0 atom stereocenters. The van der Waals surface area contributed by atoms with Crippen LogP contribution in [0.3, 0.4) is 0 Å². The van der Waals surface area contributed by atoms with E-state index >= 15 is 0 Å². The van der Waals surface area contributed by atoms with Crippen molar-refractivity contribution >= 4 is 35.6 Å². The number of hydrogen-bond acceptors (Lipinski definition) is 6.